The first-order valence-electron chi connectivity index (χ1n) is 8.26. The van der Waals surface area contributed by atoms with Gasteiger partial charge in [0, 0.05) is 12.6 Å². The molecule has 128 valence electrons. The molecule has 4 nitrogen and oxygen atoms in total. The third-order valence-electron chi connectivity index (χ3n) is 4.64. The highest BCUT2D eigenvalue weighted by Crippen LogP contribution is 2.35. The fourth-order valence-electron chi connectivity index (χ4n) is 3.35. The van der Waals surface area contributed by atoms with Crippen LogP contribution in [0.2, 0.25) is 5.02 Å². The summed E-state index contributed by atoms with van der Waals surface area (Å²) in [6, 6.07) is 4.60. The molecule has 0 bridgehead atoms. The number of rotatable bonds is 3. The van der Waals surface area contributed by atoms with Crippen molar-refractivity contribution in [3.63, 3.8) is 0 Å². The Balaban J connectivity index is 2.06. The van der Waals surface area contributed by atoms with E-state index < -0.39 is 5.82 Å². The standard InChI is InChI=1S/C18H20ClFN2O2/c1-3-12-7-4-5-10-22(12)18(23)15-11(2)24-21-17(15)16-13(19)8-6-9-14(16)20/h6,8-9,12H,3-5,7,10H2,1-2H3/t12-/m0/s1. The fourth-order valence-corrected chi connectivity index (χ4v) is 3.61. The van der Waals surface area contributed by atoms with Gasteiger partial charge < -0.3 is 9.42 Å². The molecule has 1 aliphatic heterocycles. The molecule has 1 aromatic carbocycles. The highest BCUT2D eigenvalue weighted by atomic mass is 35.5. The van der Waals surface area contributed by atoms with Gasteiger partial charge in [-0.25, -0.2) is 4.39 Å². The minimum atomic E-state index is -0.518. The molecule has 1 fully saturated rings. The molecule has 1 amide bonds. The smallest absolute Gasteiger partial charge is 0.259 e. The van der Waals surface area contributed by atoms with Gasteiger partial charge in [0.2, 0.25) is 0 Å². The van der Waals surface area contributed by atoms with Crippen LogP contribution in [0.1, 0.15) is 48.7 Å². The topological polar surface area (TPSA) is 46.3 Å². The summed E-state index contributed by atoms with van der Waals surface area (Å²) in [6.07, 6.45) is 3.98. The van der Waals surface area contributed by atoms with Gasteiger partial charge in [0.1, 0.15) is 22.8 Å². The summed E-state index contributed by atoms with van der Waals surface area (Å²) in [5.41, 5.74) is 0.604. The Bertz CT molecular complexity index is 739. The van der Waals surface area contributed by atoms with Crippen molar-refractivity contribution in [2.75, 3.05) is 6.54 Å². The fraction of sp³-hybridized carbons (Fsp3) is 0.444. The van der Waals surface area contributed by atoms with Crippen molar-refractivity contribution in [2.45, 2.75) is 45.6 Å². The van der Waals surface area contributed by atoms with E-state index in [1.54, 1.807) is 13.0 Å². The molecule has 0 unspecified atom stereocenters. The number of amides is 1. The lowest BCUT2D eigenvalue weighted by Gasteiger charge is -2.35. The molecule has 1 aromatic heterocycles. The molecule has 3 rings (SSSR count). The zero-order chi connectivity index (χ0) is 17.3. The van der Waals surface area contributed by atoms with Gasteiger partial charge in [0.15, 0.2) is 0 Å². The maximum atomic E-state index is 14.3. The van der Waals surface area contributed by atoms with Gasteiger partial charge in [-0.3, -0.25) is 4.79 Å². The van der Waals surface area contributed by atoms with E-state index in [-0.39, 0.29) is 28.2 Å². The monoisotopic (exact) mass is 350 g/mol. The summed E-state index contributed by atoms with van der Waals surface area (Å²) in [7, 11) is 0. The second kappa shape index (κ2) is 6.93. The number of aromatic nitrogens is 1. The van der Waals surface area contributed by atoms with Crippen molar-refractivity contribution in [3.8, 4) is 11.3 Å². The van der Waals surface area contributed by atoms with Crippen LogP contribution in [0.5, 0.6) is 0 Å². The quantitative estimate of drug-likeness (QED) is 0.795. The van der Waals surface area contributed by atoms with E-state index in [1.807, 2.05) is 4.90 Å². The van der Waals surface area contributed by atoms with Crippen molar-refractivity contribution >= 4 is 17.5 Å². The number of hydrogen-bond acceptors (Lipinski definition) is 3. The number of hydrogen-bond donors (Lipinski definition) is 0. The van der Waals surface area contributed by atoms with Crippen molar-refractivity contribution in [2.24, 2.45) is 0 Å². The Morgan fingerprint density at radius 3 is 2.96 bits per heavy atom. The van der Waals surface area contributed by atoms with E-state index in [1.165, 1.54) is 12.1 Å². The Morgan fingerprint density at radius 1 is 1.46 bits per heavy atom. The summed E-state index contributed by atoms with van der Waals surface area (Å²) in [4.78, 5) is 15.0. The maximum absolute atomic E-state index is 14.3. The average Bonchev–Trinajstić information content (AvgIpc) is 2.95. The Morgan fingerprint density at radius 2 is 2.25 bits per heavy atom. The first kappa shape index (κ1) is 17.0. The predicted octanol–water partition coefficient (Wildman–Crippen LogP) is 4.85. The van der Waals surface area contributed by atoms with Gasteiger partial charge in [0.25, 0.3) is 5.91 Å². The molecular weight excluding hydrogens is 331 g/mol. The maximum Gasteiger partial charge on any atom is 0.259 e. The largest absolute Gasteiger partial charge is 0.360 e. The van der Waals surface area contributed by atoms with Gasteiger partial charge in [-0.2, -0.15) is 0 Å². The number of carbonyl (C=O) groups excluding carboxylic acids is 1. The molecule has 1 atom stereocenters. The Kier molecular flexibility index (Phi) is 4.90. The zero-order valence-corrected chi connectivity index (χ0v) is 14.6. The first-order chi connectivity index (χ1) is 11.5. The Hall–Kier alpha value is -1.88. The van der Waals surface area contributed by atoms with Gasteiger partial charge in [-0.15, -0.1) is 0 Å². The minimum Gasteiger partial charge on any atom is -0.360 e. The minimum absolute atomic E-state index is 0.115. The SMILES string of the molecule is CC[C@H]1CCCCN1C(=O)c1c(-c2c(F)cccc2Cl)noc1C. The lowest BCUT2D eigenvalue weighted by molar-refractivity contribution is 0.0607. The van der Waals surface area contributed by atoms with Gasteiger partial charge in [-0.1, -0.05) is 29.7 Å². The van der Waals surface area contributed by atoms with Gasteiger partial charge in [0.05, 0.1) is 10.6 Å². The van der Waals surface area contributed by atoms with Crippen molar-refractivity contribution in [1.82, 2.24) is 10.1 Å². The molecule has 0 radical (unpaired) electrons. The number of halogens is 2. The van der Waals surface area contributed by atoms with E-state index in [0.717, 1.165) is 25.7 Å². The summed E-state index contributed by atoms with van der Waals surface area (Å²) in [5.74, 6) is -0.292. The first-order valence-corrected chi connectivity index (χ1v) is 8.64. The predicted molar refractivity (Wildman–Crippen MR) is 90.6 cm³/mol. The Labute approximate surface area is 145 Å². The van der Waals surface area contributed by atoms with Crippen molar-refractivity contribution < 1.29 is 13.7 Å². The van der Waals surface area contributed by atoms with Crippen LogP contribution in [0.25, 0.3) is 11.3 Å². The van der Waals surface area contributed by atoms with E-state index in [4.69, 9.17) is 16.1 Å². The molecular formula is C18H20ClFN2O2. The molecule has 6 heteroatoms. The van der Waals surface area contributed by atoms with Crippen LogP contribution in [-0.4, -0.2) is 28.6 Å². The molecule has 2 aromatic rings. The number of nitrogens with zero attached hydrogens (tertiary/aromatic N) is 2. The van der Waals surface area contributed by atoms with Crippen molar-refractivity contribution in [1.29, 1.82) is 0 Å². The molecule has 0 N–H and O–H groups in total. The van der Waals surface area contributed by atoms with E-state index in [9.17, 15) is 9.18 Å². The van der Waals surface area contributed by atoms with Crippen LogP contribution < -0.4 is 0 Å². The van der Waals surface area contributed by atoms with Crippen LogP contribution in [0.15, 0.2) is 22.7 Å². The summed E-state index contributed by atoms with van der Waals surface area (Å²) in [6.45, 7) is 4.45. The van der Waals surface area contributed by atoms with Crippen molar-refractivity contribution in [3.05, 3.63) is 40.4 Å². The number of aryl methyl sites for hydroxylation is 1. The molecule has 2 heterocycles. The molecule has 0 saturated carbocycles. The van der Waals surface area contributed by atoms with Crippen LogP contribution in [-0.2, 0) is 0 Å². The van der Waals surface area contributed by atoms with Gasteiger partial charge >= 0.3 is 0 Å². The molecule has 0 spiro atoms. The third kappa shape index (κ3) is 2.93. The second-order valence-corrected chi connectivity index (χ2v) is 6.52. The van der Waals surface area contributed by atoms with Crippen LogP contribution in [0.3, 0.4) is 0 Å². The van der Waals surface area contributed by atoms with E-state index in [0.29, 0.717) is 17.9 Å². The number of carbonyl (C=O) groups is 1. The van der Waals surface area contributed by atoms with Crippen LogP contribution in [0, 0.1) is 12.7 Å². The number of piperidine rings is 1. The van der Waals surface area contributed by atoms with E-state index in [2.05, 4.69) is 12.1 Å². The molecule has 1 saturated heterocycles. The number of benzene rings is 1. The lowest BCUT2D eigenvalue weighted by Crippen LogP contribution is -2.43. The summed E-state index contributed by atoms with van der Waals surface area (Å²) >= 11 is 6.15. The van der Waals surface area contributed by atoms with Crippen LogP contribution in [0.4, 0.5) is 4.39 Å². The normalized spacial score (nSPS) is 18.0. The second-order valence-electron chi connectivity index (χ2n) is 6.12. The lowest BCUT2D eigenvalue weighted by atomic mass is 9.97. The summed E-state index contributed by atoms with van der Waals surface area (Å²) in [5, 5.41) is 4.14. The average molecular weight is 351 g/mol. The molecule has 24 heavy (non-hydrogen) atoms. The van der Waals surface area contributed by atoms with Gasteiger partial charge in [-0.05, 0) is 44.7 Å². The summed E-state index contributed by atoms with van der Waals surface area (Å²) < 4.78 is 19.5. The highest BCUT2D eigenvalue weighted by Gasteiger charge is 2.32. The zero-order valence-electron chi connectivity index (χ0n) is 13.8. The molecule has 1 aliphatic rings. The van der Waals surface area contributed by atoms with Crippen LogP contribution >= 0.6 is 11.6 Å². The molecule has 0 aliphatic carbocycles. The number of likely N-dealkylation sites (tertiary alicyclic amines) is 1. The third-order valence-corrected chi connectivity index (χ3v) is 4.95. The van der Waals surface area contributed by atoms with E-state index >= 15 is 0 Å². The highest BCUT2D eigenvalue weighted by molar-refractivity contribution is 6.33.